The van der Waals surface area contributed by atoms with Crippen molar-refractivity contribution in [3.63, 3.8) is 0 Å². The van der Waals surface area contributed by atoms with E-state index in [1.165, 1.54) is 5.39 Å². The average Bonchev–Trinajstić information content (AvgIpc) is 2.67. The van der Waals surface area contributed by atoms with Crippen LogP contribution in [-0.4, -0.2) is 65.1 Å². The summed E-state index contributed by atoms with van der Waals surface area (Å²) >= 11 is 0. The third-order valence-corrected chi connectivity index (χ3v) is 5.16. The maximum Gasteiger partial charge on any atom is 0.490 e. The van der Waals surface area contributed by atoms with Gasteiger partial charge in [0.1, 0.15) is 0 Å². The minimum absolute atomic E-state index is 0.0228. The molecular formula is C21H25F3N2O4. The highest BCUT2D eigenvalue weighted by Gasteiger charge is 2.47. The number of rotatable bonds is 4. The molecule has 1 aromatic carbocycles. The van der Waals surface area contributed by atoms with Crippen LogP contribution in [0.4, 0.5) is 13.2 Å². The average molecular weight is 426 g/mol. The Morgan fingerprint density at radius 1 is 1.30 bits per heavy atom. The number of alkyl halides is 3. The largest absolute Gasteiger partial charge is 0.490 e. The van der Waals surface area contributed by atoms with Crippen molar-refractivity contribution in [1.29, 1.82) is 0 Å². The molecule has 1 unspecified atom stereocenters. The zero-order valence-corrected chi connectivity index (χ0v) is 16.7. The van der Waals surface area contributed by atoms with E-state index in [1.807, 2.05) is 6.07 Å². The first kappa shape index (κ1) is 22.5. The topological polar surface area (TPSA) is 71.9 Å². The number of hydrogen-bond acceptors (Lipinski definition) is 5. The molecule has 2 aliphatic rings. The Labute approximate surface area is 172 Å². The number of carboxylic acids is 1. The van der Waals surface area contributed by atoms with E-state index in [4.69, 9.17) is 24.4 Å². The van der Waals surface area contributed by atoms with Gasteiger partial charge in [-0.2, -0.15) is 13.2 Å². The van der Waals surface area contributed by atoms with Crippen LogP contribution in [0.15, 0.2) is 36.4 Å². The van der Waals surface area contributed by atoms with Crippen molar-refractivity contribution >= 4 is 16.9 Å². The van der Waals surface area contributed by atoms with Gasteiger partial charge >= 0.3 is 12.1 Å². The van der Waals surface area contributed by atoms with Crippen molar-refractivity contribution < 1.29 is 32.5 Å². The molecule has 2 fully saturated rings. The van der Waals surface area contributed by atoms with Crippen molar-refractivity contribution in [3.05, 3.63) is 42.1 Å². The van der Waals surface area contributed by atoms with Crippen LogP contribution in [-0.2, 0) is 20.8 Å². The molecule has 0 saturated carbocycles. The van der Waals surface area contributed by atoms with E-state index in [2.05, 4.69) is 42.2 Å². The maximum atomic E-state index is 10.6. The van der Waals surface area contributed by atoms with Gasteiger partial charge in [0.25, 0.3) is 0 Å². The van der Waals surface area contributed by atoms with Crippen LogP contribution in [0.5, 0.6) is 0 Å². The summed E-state index contributed by atoms with van der Waals surface area (Å²) in [6.45, 7) is 6.57. The second-order valence-electron chi connectivity index (χ2n) is 7.54. The highest BCUT2D eigenvalue weighted by Crippen LogP contribution is 2.36. The number of aliphatic carboxylic acids is 1. The van der Waals surface area contributed by atoms with Gasteiger partial charge in [-0.05, 0) is 25.5 Å². The molecule has 2 aromatic rings. The lowest BCUT2D eigenvalue weighted by Gasteiger charge is -2.53. The third-order valence-electron chi connectivity index (χ3n) is 5.16. The number of fused-ring (bicyclic) bond motifs is 1. The van der Waals surface area contributed by atoms with Crippen molar-refractivity contribution in [2.45, 2.75) is 44.2 Å². The molecule has 1 N–H and O–H groups in total. The van der Waals surface area contributed by atoms with Crippen molar-refractivity contribution in [2.75, 3.05) is 26.3 Å². The molecule has 6 nitrogen and oxygen atoms in total. The van der Waals surface area contributed by atoms with Gasteiger partial charge < -0.3 is 14.6 Å². The molecule has 4 rings (SSSR count). The fraction of sp³-hybridized carbons (Fsp3) is 0.524. The van der Waals surface area contributed by atoms with Crippen LogP contribution in [0.25, 0.3) is 10.9 Å². The van der Waals surface area contributed by atoms with E-state index < -0.39 is 12.1 Å². The van der Waals surface area contributed by atoms with E-state index in [9.17, 15) is 13.2 Å². The molecule has 0 radical (unpaired) electrons. The number of carboxylic acid groups (broad SMARTS) is 1. The second kappa shape index (κ2) is 9.28. The Kier molecular flexibility index (Phi) is 6.95. The number of halogens is 3. The van der Waals surface area contributed by atoms with E-state index in [0.29, 0.717) is 6.10 Å². The first-order valence-corrected chi connectivity index (χ1v) is 9.83. The summed E-state index contributed by atoms with van der Waals surface area (Å²) in [6.07, 6.45) is -2.65. The number of aromatic nitrogens is 1. The lowest BCUT2D eigenvalue weighted by molar-refractivity contribution is -0.198. The summed E-state index contributed by atoms with van der Waals surface area (Å²) in [4.78, 5) is 16.1. The zero-order chi connectivity index (χ0) is 21.8. The summed E-state index contributed by atoms with van der Waals surface area (Å²) in [5.41, 5.74) is 2.23. The van der Waals surface area contributed by atoms with Gasteiger partial charge in [0, 0.05) is 44.7 Å². The van der Waals surface area contributed by atoms with Gasteiger partial charge in [0.15, 0.2) is 0 Å². The van der Waals surface area contributed by atoms with Crippen LogP contribution in [0, 0.1) is 0 Å². The molecule has 9 heteroatoms. The van der Waals surface area contributed by atoms with Gasteiger partial charge in [-0.1, -0.05) is 24.3 Å². The maximum absolute atomic E-state index is 10.6. The Morgan fingerprint density at radius 3 is 2.67 bits per heavy atom. The number of benzene rings is 1. The summed E-state index contributed by atoms with van der Waals surface area (Å²) in [5.74, 6) is -2.76. The number of hydrogen-bond donors (Lipinski definition) is 1. The van der Waals surface area contributed by atoms with Gasteiger partial charge in [-0.3, -0.25) is 9.88 Å². The molecule has 0 aliphatic carbocycles. The van der Waals surface area contributed by atoms with Gasteiger partial charge in [0.2, 0.25) is 0 Å². The molecular weight excluding hydrogens is 401 g/mol. The summed E-state index contributed by atoms with van der Waals surface area (Å²) in [7, 11) is 0. The van der Waals surface area contributed by atoms with Gasteiger partial charge in [-0.15, -0.1) is 0 Å². The molecule has 1 aromatic heterocycles. The van der Waals surface area contributed by atoms with Crippen molar-refractivity contribution in [1.82, 2.24) is 9.88 Å². The van der Waals surface area contributed by atoms with Gasteiger partial charge in [-0.25, -0.2) is 4.79 Å². The molecule has 3 heterocycles. The minimum Gasteiger partial charge on any atom is -0.475 e. The number of carbonyl (C=O) groups is 1. The van der Waals surface area contributed by atoms with E-state index in [0.717, 1.165) is 56.9 Å². The SMILES string of the molecule is CCOC1CCOC2(C1)CN(Cc1ccc3ccccc3n1)C2.O=C(O)C(F)(F)F. The Hall–Kier alpha value is -2.23. The predicted molar refractivity (Wildman–Crippen MR) is 104 cm³/mol. The van der Waals surface area contributed by atoms with Crippen LogP contribution in [0.3, 0.4) is 0 Å². The van der Waals surface area contributed by atoms with Crippen LogP contribution >= 0.6 is 0 Å². The lowest BCUT2D eigenvalue weighted by Crippen LogP contribution is -2.65. The monoisotopic (exact) mass is 426 g/mol. The number of para-hydroxylation sites is 1. The molecule has 0 amide bonds. The van der Waals surface area contributed by atoms with E-state index in [-0.39, 0.29) is 5.60 Å². The summed E-state index contributed by atoms with van der Waals surface area (Å²) < 4.78 is 43.6. The number of likely N-dealkylation sites (tertiary alicyclic amines) is 1. The summed E-state index contributed by atoms with van der Waals surface area (Å²) in [5, 5.41) is 8.33. The molecule has 164 valence electrons. The lowest BCUT2D eigenvalue weighted by atomic mass is 9.84. The third kappa shape index (κ3) is 5.68. The smallest absolute Gasteiger partial charge is 0.475 e. The minimum atomic E-state index is -5.08. The molecule has 0 bridgehead atoms. The highest BCUT2D eigenvalue weighted by atomic mass is 19.4. The molecule has 1 atom stereocenters. The molecule has 1 spiro atoms. The molecule has 2 aliphatic heterocycles. The fourth-order valence-electron chi connectivity index (χ4n) is 3.89. The number of ether oxygens (including phenoxy) is 2. The summed E-state index contributed by atoms with van der Waals surface area (Å²) in [6, 6.07) is 12.6. The Morgan fingerprint density at radius 2 is 2.00 bits per heavy atom. The Balaban J connectivity index is 0.000000318. The van der Waals surface area contributed by atoms with E-state index in [1.54, 1.807) is 0 Å². The standard InChI is InChI=1S/C19H24N2O2.C2HF3O2/c1-2-22-17-9-10-23-19(11-17)13-21(14-19)12-16-8-7-15-5-3-4-6-18(15)20-16;3-2(4,5)1(6)7/h3-8,17H,2,9-14H2,1H3;(H,6,7). The zero-order valence-electron chi connectivity index (χ0n) is 16.7. The second-order valence-corrected chi connectivity index (χ2v) is 7.54. The first-order chi connectivity index (χ1) is 14.2. The first-order valence-electron chi connectivity index (χ1n) is 9.83. The van der Waals surface area contributed by atoms with E-state index >= 15 is 0 Å². The van der Waals surface area contributed by atoms with Crippen LogP contribution < -0.4 is 0 Å². The number of nitrogens with zero attached hydrogens (tertiary/aromatic N) is 2. The van der Waals surface area contributed by atoms with Crippen LogP contribution in [0.1, 0.15) is 25.5 Å². The normalized spacial score (nSPS) is 21.0. The quantitative estimate of drug-likeness (QED) is 0.805. The van der Waals surface area contributed by atoms with Crippen molar-refractivity contribution in [2.24, 2.45) is 0 Å². The molecule has 30 heavy (non-hydrogen) atoms. The van der Waals surface area contributed by atoms with Crippen LogP contribution in [0.2, 0.25) is 0 Å². The molecule has 2 saturated heterocycles. The number of pyridine rings is 1. The van der Waals surface area contributed by atoms with Crippen molar-refractivity contribution in [3.8, 4) is 0 Å². The predicted octanol–water partition coefficient (Wildman–Crippen LogP) is 3.64. The fourth-order valence-corrected chi connectivity index (χ4v) is 3.89. The van der Waals surface area contributed by atoms with Gasteiger partial charge in [0.05, 0.1) is 22.9 Å². The highest BCUT2D eigenvalue weighted by molar-refractivity contribution is 5.78. The Bertz CT molecular complexity index is 867.